The number of unbranched alkanes of at least 4 members (excludes halogenated alkanes) is 3. The van der Waals surface area contributed by atoms with E-state index in [9.17, 15) is 9.59 Å². The van der Waals surface area contributed by atoms with Gasteiger partial charge in [0, 0.05) is 13.1 Å². The minimum Gasteiger partial charge on any atom is -0.444 e. The van der Waals surface area contributed by atoms with Crippen molar-refractivity contribution in [1.29, 1.82) is 0 Å². The van der Waals surface area contributed by atoms with E-state index in [4.69, 9.17) is 4.74 Å². The molecule has 1 aliphatic rings. The van der Waals surface area contributed by atoms with Gasteiger partial charge in [-0.2, -0.15) is 0 Å². The van der Waals surface area contributed by atoms with Crippen molar-refractivity contribution < 1.29 is 14.3 Å². The molecule has 116 valence electrons. The van der Waals surface area contributed by atoms with Gasteiger partial charge in [0.05, 0.1) is 0 Å². The predicted molar refractivity (Wildman–Crippen MR) is 78.5 cm³/mol. The SMILES string of the molecule is CCCCCCNC(=O)[C@@H]1CCN1C(=O)OC(C)(C)C. The third kappa shape index (κ3) is 5.39. The highest BCUT2D eigenvalue weighted by atomic mass is 16.6. The Morgan fingerprint density at radius 3 is 2.45 bits per heavy atom. The Kier molecular flexibility index (Phi) is 6.30. The first-order valence-electron chi connectivity index (χ1n) is 7.62. The monoisotopic (exact) mass is 284 g/mol. The van der Waals surface area contributed by atoms with Crippen molar-refractivity contribution in [3.05, 3.63) is 0 Å². The zero-order valence-corrected chi connectivity index (χ0v) is 13.2. The van der Waals surface area contributed by atoms with Crippen LogP contribution in [-0.2, 0) is 9.53 Å². The molecule has 1 saturated heterocycles. The van der Waals surface area contributed by atoms with Gasteiger partial charge in [-0.15, -0.1) is 0 Å². The molecule has 0 aromatic carbocycles. The van der Waals surface area contributed by atoms with Crippen molar-refractivity contribution in [3.8, 4) is 0 Å². The summed E-state index contributed by atoms with van der Waals surface area (Å²) in [6.45, 7) is 8.93. The highest BCUT2D eigenvalue weighted by molar-refractivity contribution is 5.87. The molecule has 1 rings (SSSR count). The molecule has 1 aliphatic heterocycles. The number of carbonyl (C=O) groups is 2. The van der Waals surface area contributed by atoms with E-state index in [0.29, 0.717) is 13.1 Å². The van der Waals surface area contributed by atoms with Gasteiger partial charge in [0.15, 0.2) is 0 Å². The van der Waals surface area contributed by atoms with Crippen LogP contribution in [0.5, 0.6) is 0 Å². The smallest absolute Gasteiger partial charge is 0.410 e. The molecule has 20 heavy (non-hydrogen) atoms. The summed E-state index contributed by atoms with van der Waals surface area (Å²) in [6.07, 6.45) is 4.84. The minimum atomic E-state index is -0.520. The summed E-state index contributed by atoms with van der Waals surface area (Å²) >= 11 is 0. The summed E-state index contributed by atoms with van der Waals surface area (Å²) in [4.78, 5) is 25.4. The van der Waals surface area contributed by atoms with Gasteiger partial charge in [0.2, 0.25) is 5.91 Å². The number of nitrogens with zero attached hydrogens (tertiary/aromatic N) is 1. The van der Waals surface area contributed by atoms with Crippen molar-refractivity contribution in [2.45, 2.75) is 71.4 Å². The zero-order chi connectivity index (χ0) is 15.2. The lowest BCUT2D eigenvalue weighted by atomic mass is 10.0. The molecule has 0 spiro atoms. The molecule has 1 fully saturated rings. The van der Waals surface area contributed by atoms with Gasteiger partial charge in [0.1, 0.15) is 11.6 Å². The topological polar surface area (TPSA) is 58.6 Å². The van der Waals surface area contributed by atoms with Crippen LogP contribution < -0.4 is 5.32 Å². The summed E-state index contributed by atoms with van der Waals surface area (Å²) in [5.74, 6) is -0.0568. The molecule has 0 aromatic rings. The minimum absolute atomic E-state index is 0.0568. The van der Waals surface area contributed by atoms with Crippen LogP contribution in [0.2, 0.25) is 0 Å². The fraction of sp³-hybridized carbons (Fsp3) is 0.867. The van der Waals surface area contributed by atoms with Crippen LogP contribution in [0.1, 0.15) is 59.8 Å². The third-order valence-corrected chi connectivity index (χ3v) is 3.28. The second-order valence-corrected chi connectivity index (χ2v) is 6.33. The fourth-order valence-electron chi connectivity index (χ4n) is 2.08. The first kappa shape index (κ1) is 16.8. The Hall–Kier alpha value is -1.26. The molecular weight excluding hydrogens is 256 g/mol. The molecule has 5 nitrogen and oxygen atoms in total. The molecule has 0 radical (unpaired) electrons. The van der Waals surface area contributed by atoms with Crippen LogP contribution in [0.25, 0.3) is 0 Å². The van der Waals surface area contributed by atoms with Gasteiger partial charge >= 0.3 is 6.09 Å². The van der Waals surface area contributed by atoms with Crippen molar-refractivity contribution in [3.63, 3.8) is 0 Å². The Morgan fingerprint density at radius 2 is 1.95 bits per heavy atom. The summed E-state index contributed by atoms with van der Waals surface area (Å²) in [5.41, 5.74) is -0.520. The molecule has 1 heterocycles. The fourth-order valence-corrected chi connectivity index (χ4v) is 2.08. The normalized spacial score (nSPS) is 18.4. The highest BCUT2D eigenvalue weighted by Gasteiger charge is 2.39. The van der Waals surface area contributed by atoms with Gasteiger partial charge in [-0.25, -0.2) is 4.79 Å². The third-order valence-electron chi connectivity index (χ3n) is 3.28. The first-order chi connectivity index (χ1) is 9.35. The number of hydrogen-bond acceptors (Lipinski definition) is 3. The van der Waals surface area contributed by atoms with Crippen LogP contribution in [0.4, 0.5) is 4.79 Å². The molecule has 0 aromatic heterocycles. The van der Waals surface area contributed by atoms with E-state index < -0.39 is 11.7 Å². The summed E-state index contributed by atoms with van der Waals surface area (Å²) < 4.78 is 5.29. The number of ether oxygens (including phenoxy) is 1. The maximum absolute atomic E-state index is 12.0. The predicted octanol–water partition coefficient (Wildman–Crippen LogP) is 2.69. The molecule has 1 atom stereocenters. The van der Waals surface area contributed by atoms with Crippen molar-refractivity contribution in [2.75, 3.05) is 13.1 Å². The lowest BCUT2D eigenvalue weighted by Gasteiger charge is -2.40. The Morgan fingerprint density at radius 1 is 1.25 bits per heavy atom. The largest absolute Gasteiger partial charge is 0.444 e. The van der Waals surface area contributed by atoms with Gasteiger partial charge < -0.3 is 10.1 Å². The quantitative estimate of drug-likeness (QED) is 0.763. The van der Waals surface area contributed by atoms with E-state index in [0.717, 1.165) is 19.3 Å². The first-order valence-corrected chi connectivity index (χ1v) is 7.62. The standard InChI is InChI=1S/C15H28N2O3/c1-5-6-7-8-10-16-13(18)12-9-11-17(12)14(19)20-15(2,3)4/h12H,5-11H2,1-4H3,(H,16,18)/t12-/m0/s1. The maximum Gasteiger partial charge on any atom is 0.410 e. The number of hydrogen-bond donors (Lipinski definition) is 1. The molecule has 0 saturated carbocycles. The average Bonchev–Trinajstić information content (AvgIpc) is 2.24. The van der Waals surface area contributed by atoms with Crippen molar-refractivity contribution in [2.24, 2.45) is 0 Å². The number of nitrogens with one attached hydrogen (secondary N) is 1. The van der Waals surface area contributed by atoms with Crippen molar-refractivity contribution >= 4 is 12.0 Å². The molecule has 0 aliphatic carbocycles. The van der Waals surface area contributed by atoms with Crippen LogP contribution in [0.15, 0.2) is 0 Å². The van der Waals surface area contributed by atoms with E-state index in [1.807, 2.05) is 20.8 Å². The molecule has 1 N–H and O–H groups in total. The van der Waals surface area contributed by atoms with E-state index in [2.05, 4.69) is 12.2 Å². The van der Waals surface area contributed by atoms with E-state index >= 15 is 0 Å². The van der Waals surface area contributed by atoms with Gasteiger partial charge in [-0.3, -0.25) is 9.69 Å². The van der Waals surface area contributed by atoms with E-state index in [-0.39, 0.29) is 11.9 Å². The Balaban J connectivity index is 2.29. The van der Waals surface area contributed by atoms with Gasteiger partial charge in [-0.1, -0.05) is 26.2 Å². The molecule has 0 bridgehead atoms. The van der Waals surface area contributed by atoms with Crippen LogP contribution in [-0.4, -0.2) is 41.6 Å². The maximum atomic E-state index is 12.0. The van der Waals surface area contributed by atoms with Gasteiger partial charge in [-0.05, 0) is 33.6 Å². The summed E-state index contributed by atoms with van der Waals surface area (Å²) in [7, 11) is 0. The highest BCUT2D eigenvalue weighted by Crippen LogP contribution is 2.21. The molecule has 0 unspecified atom stereocenters. The summed E-state index contributed by atoms with van der Waals surface area (Å²) in [5, 5.41) is 2.90. The Bertz CT molecular complexity index is 337. The number of carbonyl (C=O) groups excluding carboxylic acids is 2. The average molecular weight is 284 g/mol. The Labute approximate surface area is 122 Å². The molecule has 5 heteroatoms. The van der Waals surface area contributed by atoms with E-state index in [1.54, 1.807) is 0 Å². The zero-order valence-electron chi connectivity index (χ0n) is 13.2. The summed E-state index contributed by atoms with van der Waals surface area (Å²) in [6, 6.07) is -0.351. The molecular formula is C15H28N2O3. The van der Waals surface area contributed by atoms with Crippen molar-refractivity contribution in [1.82, 2.24) is 10.2 Å². The molecule has 2 amide bonds. The van der Waals surface area contributed by atoms with Crippen LogP contribution in [0, 0.1) is 0 Å². The number of amides is 2. The van der Waals surface area contributed by atoms with Crippen LogP contribution >= 0.6 is 0 Å². The lowest BCUT2D eigenvalue weighted by Crippen LogP contribution is -2.59. The number of likely N-dealkylation sites (tertiary alicyclic amines) is 1. The van der Waals surface area contributed by atoms with Gasteiger partial charge in [0.25, 0.3) is 0 Å². The lowest BCUT2D eigenvalue weighted by molar-refractivity contribution is -0.130. The van der Waals surface area contributed by atoms with E-state index in [1.165, 1.54) is 17.7 Å². The second-order valence-electron chi connectivity index (χ2n) is 6.33. The second kappa shape index (κ2) is 7.50. The number of rotatable bonds is 6. The van der Waals surface area contributed by atoms with Crippen LogP contribution in [0.3, 0.4) is 0 Å².